The fraction of sp³-hybridized carbons (Fsp3) is 0.562. The lowest BCUT2D eigenvalue weighted by molar-refractivity contribution is -0.160. The maximum Gasteiger partial charge on any atom is 0.323 e. The summed E-state index contributed by atoms with van der Waals surface area (Å²) in [6, 6.07) is 4.64. The van der Waals surface area contributed by atoms with E-state index in [1.165, 1.54) is 6.07 Å². The fourth-order valence-corrected chi connectivity index (χ4v) is 2.74. The second-order valence-electron chi connectivity index (χ2n) is 6.37. The predicted molar refractivity (Wildman–Crippen MR) is 80.7 cm³/mol. The number of benzene rings is 1. The summed E-state index contributed by atoms with van der Waals surface area (Å²) in [5, 5.41) is 0.112. The van der Waals surface area contributed by atoms with E-state index in [9.17, 15) is 9.18 Å². The van der Waals surface area contributed by atoms with Crippen LogP contribution in [0.4, 0.5) is 4.39 Å². The van der Waals surface area contributed by atoms with Crippen molar-refractivity contribution < 1.29 is 13.9 Å². The van der Waals surface area contributed by atoms with Crippen molar-refractivity contribution in [3.05, 3.63) is 34.6 Å². The Morgan fingerprint density at radius 2 is 2.19 bits per heavy atom. The largest absolute Gasteiger partial charge is 0.459 e. The van der Waals surface area contributed by atoms with Crippen LogP contribution in [0.2, 0.25) is 5.02 Å². The molecule has 1 aromatic rings. The van der Waals surface area contributed by atoms with E-state index in [4.69, 9.17) is 16.3 Å². The fourth-order valence-electron chi connectivity index (χ4n) is 2.54. The Kier molecular flexibility index (Phi) is 4.89. The van der Waals surface area contributed by atoms with E-state index in [1.807, 2.05) is 25.7 Å². The van der Waals surface area contributed by atoms with Gasteiger partial charge >= 0.3 is 5.97 Å². The molecule has 1 saturated heterocycles. The molecule has 0 N–H and O–H groups in total. The minimum Gasteiger partial charge on any atom is -0.459 e. The Morgan fingerprint density at radius 3 is 2.86 bits per heavy atom. The molecule has 0 aromatic heterocycles. The molecule has 0 bridgehead atoms. The third kappa shape index (κ3) is 4.17. The van der Waals surface area contributed by atoms with Crippen LogP contribution in [0.15, 0.2) is 18.2 Å². The summed E-state index contributed by atoms with van der Waals surface area (Å²) in [6.07, 6.45) is 1.66. The predicted octanol–water partition coefficient (Wildman–Crippen LogP) is 3.79. The first-order valence-corrected chi connectivity index (χ1v) is 7.55. The molecule has 5 heteroatoms. The van der Waals surface area contributed by atoms with Crippen molar-refractivity contribution in [2.75, 3.05) is 6.54 Å². The van der Waals surface area contributed by atoms with Crippen molar-refractivity contribution >= 4 is 17.6 Å². The average molecular weight is 314 g/mol. The minimum atomic E-state index is -0.507. The SMILES string of the molecule is CC(C)(C)OC(=O)[C@@H]1CCCN1Cc1cccc(Cl)c1F. The lowest BCUT2D eigenvalue weighted by atomic mass is 10.1. The van der Waals surface area contributed by atoms with Crippen LogP contribution in [0.1, 0.15) is 39.2 Å². The van der Waals surface area contributed by atoms with Crippen LogP contribution >= 0.6 is 11.6 Å². The van der Waals surface area contributed by atoms with Crippen molar-refractivity contribution in [1.29, 1.82) is 0 Å². The van der Waals surface area contributed by atoms with Crippen molar-refractivity contribution in [3.63, 3.8) is 0 Å². The van der Waals surface area contributed by atoms with Gasteiger partial charge in [0.15, 0.2) is 0 Å². The lowest BCUT2D eigenvalue weighted by Gasteiger charge is -2.27. The Labute approximate surface area is 130 Å². The normalized spacial score (nSPS) is 19.8. The van der Waals surface area contributed by atoms with Gasteiger partial charge in [0, 0.05) is 12.1 Å². The number of halogens is 2. The van der Waals surface area contributed by atoms with Gasteiger partial charge in [-0.2, -0.15) is 0 Å². The van der Waals surface area contributed by atoms with Gasteiger partial charge in [-0.15, -0.1) is 0 Å². The molecule has 0 radical (unpaired) electrons. The quantitative estimate of drug-likeness (QED) is 0.795. The zero-order chi connectivity index (χ0) is 15.6. The summed E-state index contributed by atoms with van der Waals surface area (Å²) >= 11 is 5.80. The molecule has 1 aliphatic rings. The third-order valence-corrected chi connectivity index (χ3v) is 3.74. The zero-order valence-corrected chi connectivity index (χ0v) is 13.4. The molecule has 1 atom stereocenters. The number of ether oxygens (including phenoxy) is 1. The summed E-state index contributed by atoms with van der Waals surface area (Å²) in [7, 11) is 0. The molecule has 0 saturated carbocycles. The Hall–Kier alpha value is -1.13. The number of rotatable bonds is 3. The van der Waals surface area contributed by atoms with E-state index in [-0.39, 0.29) is 17.0 Å². The van der Waals surface area contributed by atoms with E-state index < -0.39 is 11.4 Å². The molecular weight excluding hydrogens is 293 g/mol. The maximum atomic E-state index is 14.0. The average Bonchev–Trinajstić information content (AvgIpc) is 2.81. The number of hydrogen-bond donors (Lipinski definition) is 0. The Bertz CT molecular complexity index is 527. The summed E-state index contributed by atoms with van der Waals surface area (Å²) < 4.78 is 19.4. The molecule has 116 valence electrons. The highest BCUT2D eigenvalue weighted by Crippen LogP contribution is 2.25. The molecule has 3 nitrogen and oxygen atoms in total. The van der Waals surface area contributed by atoms with E-state index in [2.05, 4.69) is 0 Å². The highest BCUT2D eigenvalue weighted by molar-refractivity contribution is 6.30. The standard InChI is InChI=1S/C16H21ClFNO2/c1-16(2,3)21-15(20)13-8-5-9-19(13)10-11-6-4-7-12(17)14(11)18/h4,6-7,13H,5,8-10H2,1-3H3/t13-/m0/s1. The van der Waals surface area contributed by atoms with Gasteiger partial charge < -0.3 is 4.74 Å². The lowest BCUT2D eigenvalue weighted by Crippen LogP contribution is -2.40. The van der Waals surface area contributed by atoms with Gasteiger partial charge in [0.25, 0.3) is 0 Å². The van der Waals surface area contributed by atoms with Gasteiger partial charge in [0.05, 0.1) is 5.02 Å². The highest BCUT2D eigenvalue weighted by atomic mass is 35.5. The van der Waals surface area contributed by atoms with Crippen LogP contribution in [-0.4, -0.2) is 29.1 Å². The van der Waals surface area contributed by atoms with Gasteiger partial charge in [0.2, 0.25) is 0 Å². The van der Waals surface area contributed by atoms with Crippen molar-refractivity contribution in [1.82, 2.24) is 4.90 Å². The molecule has 0 aliphatic carbocycles. The first-order chi connectivity index (χ1) is 9.78. The minimum absolute atomic E-state index is 0.112. The summed E-state index contributed by atoms with van der Waals surface area (Å²) in [6.45, 7) is 6.68. The van der Waals surface area contributed by atoms with Crippen molar-refractivity contribution in [2.24, 2.45) is 0 Å². The molecule has 0 unspecified atom stereocenters. The smallest absolute Gasteiger partial charge is 0.323 e. The number of carbonyl (C=O) groups is 1. The van der Waals surface area contributed by atoms with Crippen LogP contribution in [0.3, 0.4) is 0 Å². The van der Waals surface area contributed by atoms with E-state index in [0.29, 0.717) is 12.1 Å². The second-order valence-corrected chi connectivity index (χ2v) is 6.78. The topological polar surface area (TPSA) is 29.5 Å². The first-order valence-electron chi connectivity index (χ1n) is 7.18. The van der Waals surface area contributed by atoms with Crippen LogP contribution in [0.25, 0.3) is 0 Å². The zero-order valence-electron chi connectivity index (χ0n) is 12.7. The number of likely N-dealkylation sites (tertiary alicyclic amines) is 1. The van der Waals surface area contributed by atoms with Crippen LogP contribution < -0.4 is 0 Å². The van der Waals surface area contributed by atoms with E-state index in [0.717, 1.165) is 19.4 Å². The van der Waals surface area contributed by atoms with Gasteiger partial charge in [-0.05, 0) is 46.2 Å². The molecule has 2 rings (SSSR count). The van der Waals surface area contributed by atoms with Crippen LogP contribution in [0.5, 0.6) is 0 Å². The molecular formula is C16H21ClFNO2. The van der Waals surface area contributed by atoms with Crippen LogP contribution in [0, 0.1) is 5.82 Å². The molecule has 0 spiro atoms. The Morgan fingerprint density at radius 1 is 1.48 bits per heavy atom. The van der Waals surface area contributed by atoms with Gasteiger partial charge in [-0.25, -0.2) is 4.39 Å². The third-order valence-electron chi connectivity index (χ3n) is 3.45. The van der Waals surface area contributed by atoms with Crippen molar-refractivity contribution in [3.8, 4) is 0 Å². The van der Waals surface area contributed by atoms with E-state index >= 15 is 0 Å². The molecule has 21 heavy (non-hydrogen) atoms. The molecule has 1 aromatic carbocycles. The number of carbonyl (C=O) groups excluding carboxylic acids is 1. The van der Waals surface area contributed by atoms with E-state index in [1.54, 1.807) is 12.1 Å². The first kappa shape index (κ1) is 16.2. The number of nitrogens with zero attached hydrogens (tertiary/aromatic N) is 1. The van der Waals surface area contributed by atoms with Crippen LogP contribution in [-0.2, 0) is 16.1 Å². The molecule has 1 aliphatic heterocycles. The Balaban J connectivity index is 2.09. The molecule has 1 heterocycles. The molecule has 0 amide bonds. The van der Waals surface area contributed by atoms with Gasteiger partial charge in [0.1, 0.15) is 17.5 Å². The summed E-state index contributed by atoms with van der Waals surface area (Å²) in [5.41, 5.74) is 0.00471. The summed E-state index contributed by atoms with van der Waals surface area (Å²) in [5.74, 6) is -0.642. The number of esters is 1. The summed E-state index contributed by atoms with van der Waals surface area (Å²) in [4.78, 5) is 14.2. The highest BCUT2D eigenvalue weighted by Gasteiger charge is 2.34. The van der Waals surface area contributed by atoms with Gasteiger partial charge in [-0.3, -0.25) is 9.69 Å². The monoisotopic (exact) mass is 313 g/mol. The number of hydrogen-bond acceptors (Lipinski definition) is 3. The molecule has 1 fully saturated rings. The van der Waals surface area contributed by atoms with Gasteiger partial charge in [-0.1, -0.05) is 23.7 Å². The maximum absolute atomic E-state index is 14.0. The van der Waals surface area contributed by atoms with Crippen molar-refractivity contribution in [2.45, 2.75) is 51.8 Å². The second kappa shape index (κ2) is 6.32.